The van der Waals surface area contributed by atoms with Crippen LogP contribution in [0.4, 0.5) is 0 Å². The van der Waals surface area contributed by atoms with Gasteiger partial charge in [-0.15, -0.1) is 0 Å². The molecule has 1 atom stereocenters. The number of hydrogen-bond donors (Lipinski definition) is 2. The molecule has 2 aliphatic rings. The molecule has 1 amide bonds. The molecule has 7 nitrogen and oxygen atoms in total. The van der Waals surface area contributed by atoms with E-state index in [1.54, 1.807) is 0 Å². The monoisotopic (exact) mass is 279 g/mol. The van der Waals surface area contributed by atoms with Gasteiger partial charge in [0, 0.05) is 25.2 Å². The van der Waals surface area contributed by atoms with Crippen LogP contribution in [0.3, 0.4) is 0 Å². The van der Waals surface area contributed by atoms with Gasteiger partial charge in [0.2, 0.25) is 5.91 Å². The van der Waals surface area contributed by atoms with Crippen molar-refractivity contribution in [2.24, 2.45) is 0 Å². The molecule has 2 aliphatic heterocycles. The Balaban J connectivity index is 1.49. The number of nitrogens with one attached hydrogen (secondary N) is 2. The van der Waals surface area contributed by atoms with E-state index in [9.17, 15) is 9.59 Å². The number of likely N-dealkylation sites (tertiary alicyclic amines) is 2. The molecule has 0 aromatic carbocycles. The van der Waals surface area contributed by atoms with Gasteiger partial charge in [0.15, 0.2) is 0 Å². The number of rotatable bonds is 3. The van der Waals surface area contributed by atoms with Crippen LogP contribution in [0.25, 0.3) is 0 Å². The first-order chi connectivity index (χ1) is 9.63. The highest BCUT2D eigenvalue weighted by atomic mass is 16.2. The Morgan fingerprint density at radius 3 is 2.85 bits per heavy atom. The number of piperidine rings is 1. The number of amides is 1. The highest BCUT2D eigenvalue weighted by molar-refractivity contribution is 5.78. The second kappa shape index (κ2) is 5.40. The molecular formula is C13H21N5O2. The summed E-state index contributed by atoms with van der Waals surface area (Å²) in [5.41, 5.74) is -0.364. The number of nitrogens with zero attached hydrogens (tertiary/aromatic N) is 3. The molecule has 1 unspecified atom stereocenters. The summed E-state index contributed by atoms with van der Waals surface area (Å²) in [6.45, 7) is 5.04. The number of aromatic nitrogens is 3. The second-order valence-corrected chi connectivity index (χ2v) is 5.84. The van der Waals surface area contributed by atoms with E-state index in [2.05, 4.69) is 27.0 Å². The van der Waals surface area contributed by atoms with Crippen molar-refractivity contribution in [3.05, 3.63) is 16.3 Å². The van der Waals surface area contributed by atoms with Gasteiger partial charge in [0.25, 0.3) is 0 Å². The van der Waals surface area contributed by atoms with E-state index in [0.29, 0.717) is 17.9 Å². The summed E-state index contributed by atoms with van der Waals surface area (Å²) < 4.78 is 0. The fourth-order valence-corrected chi connectivity index (χ4v) is 3.18. The van der Waals surface area contributed by atoms with Crippen LogP contribution in [0, 0.1) is 0 Å². The lowest BCUT2D eigenvalue weighted by atomic mass is 9.97. The smallest absolute Gasteiger partial charge is 0.339 e. The van der Waals surface area contributed by atoms with Crippen LogP contribution < -0.4 is 5.69 Å². The van der Waals surface area contributed by atoms with Gasteiger partial charge in [0.1, 0.15) is 5.82 Å². The van der Waals surface area contributed by atoms with E-state index in [1.165, 1.54) is 19.3 Å². The van der Waals surface area contributed by atoms with Crippen molar-refractivity contribution >= 4 is 5.91 Å². The standard InChI is InChI=1S/C13H21N5O2/c1-9-4-2-3-5-18(9)10-7-17(8-10)12(19)6-11-14-13(20)16-15-11/h9-10H,2-8H2,1H3,(H2,14,15,16,20). The Morgan fingerprint density at radius 2 is 2.20 bits per heavy atom. The molecule has 3 rings (SSSR count). The van der Waals surface area contributed by atoms with Crippen molar-refractivity contribution in [3.8, 4) is 0 Å². The molecule has 0 bridgehead atoms. The number of H-pyrrole nitrogens is 2. The summed E-state index contributed by atoms with van der Waals surface area (Å²) in [6, 6.07) is 1.14. The third-order valence-corrected chi connectivity index (χ3v) is 4.41. The van der Waals surface area contributed by atoms with Crippen LogP contribution in [0.15, 0.2) is 4.79 Å². The molecule has 20 heavy (non-hydrogen) atoms. The maximum atomic E-state index is 12.0. The summed E-state index contributed by atoms with van der Waals surface area (Å²) in [4.78, 5) is 29.8. The lowest BCUT2D eigenvalue weighted by molar-refractivity contribution is -0.139. The van der Waals surface area contributed by atoms with Crippen molar-refractivity contribution in [3.63, 3.8) is 0 Å². The van der Waals surface area contributed by atoms with Gasteiger partial charge in [-0.25, -0.2) is 9.89 Å². The lowest BCUT2D eigenvalue weighted by Gasteiger charge is -2.49. The molecule has 1 aromatic heterocycles. The minimum absolute atomic E-state index is 0.0358. The predicted molar refractivity (Wildman–Crippen MR) is 73.3 cm³/mol. The maximum absolute atomic E-state index is 12.0. The van der Waals surface area contributed by atoms with Crippen molar-refractivity contribution in [2.75, 3.05) is 19.6 Å². The predicted octanol–water partition coefficient (Wildman–Crippen LogP) is -0.274. The van der Waals surface area contributed by atoms with Crippen LogP contribution >= 0.6 is 0 Å². The van der Waals surface area contributed by atoms with E-state index in [4.69, 9.17) is 0 Å². The quantitative estimate of drug-likeness (QED) is 0.797. The first-order valence-electron chi connectivity index (χ1n) is 7.30. The topological polar surface area (TPSA) is 85.1 Å². The molecule has 2 saturated heterocycles. The van der Waals surface area contributed by atoms with Gasteiger partial charge < -0.3 is 4.90 Å². The van der Waals surface area contributed by atoms with Crippen molar-refractivity contribution in [1.29, 1.82) is 0 Å². The van der Waals surface area contributed by atoms with E-state index < -0.39 is 0 Å². The largest absolute Gasteiger partial charge is 0.340 e. The van der Waals surface area contributed by atoms with E-state index in [1.807, 2.05) is 4.90 Å². The summed E-state index contributed by atoms with van der Waals surface area (Å²) in [6.07, 6.45) is 4.02. The molecule has 2 N–H and O–H groups in total. The molecule has 2 fully saturated rings. The van der Waals surface area contributed by atoms with Crippen LogP contribution in [0.5, 0.6) is 0 Å². The summed E-state index contributed by atoms with van der Waals surface area (Å²) in [7, 11) is 0. The van der Waals surface area contributed by atoms with Crippen LogP contribution in [0.2, 0.25) is 0 Å². The average molecular weight is 279 g/mol. The zero-order valence-electron chi connectivity index (χ0n) is 11.8. The molecule has 7 heteroatoms. The number of carbonyl (C=O) groups is 1. The highest BCUT2D eigenvalue weighted by Crippen LogP contribution is 2.24. The van der Waals surface area contributed by atoms with E-state index in [-0.39, 0.29) is 18.0 Å². The molecule has 0 saturated carbocycles. The van der Waals surface area contributed by atoms with Gasteiger partial charge in [-0.2, -0.15) is 5.10 Å². The van der Waals surface area contributed by atoms with Gasteiger partial charge in [-0.05, 0) is 26.3 Å². The first kappa shape index (κ1) is 13.4. The molecule has 1 aromatic rings. The zero-order chi connectivity index (χ0) is 14.1. The van der Waals surface area contributed by atoms with Crippen LogP contribution in [0.1, 0.15) is 32.0 Å². The number of carbonyl (C=O) groups excluding carboxylic acids is 1. The fraction of sp³-hybridized carbons (Fsp3) is 0.769. The Kier molecular flexibility index (Phi) is 3.60. The Bertz CT molecular complexity index is 531. The Morgan fingerprint density at radius 1 is 1.40 bits per heavy atom. The second-order valence-electron chi connectivity index (χ2n) is 5.84. The molecule has 110 valence electrons. The van der Waals surface area contributed by atoms with Gasteiger partial charge in [0.05, 0.1) is 6.42 Å². The third kappa shape index (κ3) is 2.63. The zero-order valence-corrected chi connectivity index (χ0v) is 11.8. The molecule has 0 spiro atoms. The normalized spacial score (nSPS) is 24.6. The van der Waals surface area contributed by atoms with Crippen molar-refractivity contribution < 1.29 is 4.79 Å². The minimum atomic E-state index is -0.364. The van der Waals surface area contributed by atoms with Crippen LogP contribution in [-0.4, -0.2) is 62.6 Å². The van der Waals surface area contributed by atoms with E-state index >= 15 is 0 Å². The van der Waals surface area contributed by atoms with Crippen molar-refractivity contribution in [2.45, 2.75) is 44.7 Å². The summed E-state index contributed by atoms with van der Waals surface area (Å²) in [5, 5.41) is 6.04. The molecule has 0 aliphatic carbocycles. The molecular weight excluding hydrogens is 258 g/mol. The number of aromatic amines is 2. The minimum Gasteiger partial charge on any atom is -0.339 e. The maximum Gasteiger partial charge on any atom is 0.340 e. The summed E-state index contributed by atoms with van der Waals surface area (Å²) >= 11 is 0. The molecule has 0 radical (unpaired) electrons. The fourth-order valence-electron chi connectivity index (χ4n) is 3.18. The van der Waals surface area contributed by atoms with Gasteiger partial charge >= 0.3 is 5.69 Å². The third-order valence-electron chi connectivity index (χ3n) is 4.41. The summed E-state index contributed by atoms with van der Waals surface area (Å²) in [5.74, 6) is 0.448. The average Bonchev–Trinajstić information content (AvgIpc) is 2.75. The highest BCUT2D eigenvalue weighted by Gasteiger charge is 2.37. The molecule has 3 heterocycles. The van der Waals surface area contributed by atoms with E-state index in [0.717, 1.165) is 19.6 Å². The lowest BCUT2D eigenvalue weighted by Crippen LogP contribution is -2.63. The SMILES string of the molecule is CC1CCCCN1C1CN(C(=O)Cc2n[nH]c(=O)[nH]2)C1. The van der Waals surface area contributed by atoms with Crippen molar-refractivity contribution in [1.82, 2.24) is 25.0 Å². The van der Waals surface area contributed by atoms with Gasteiger partial charge in [-0.3, -0.25) is 14.7 Å². The number of hydrogen-bond acceptors (Lipinski definition) is 4. The van der Waals surface area contributed by atoms with Gasteiger partial charge in [-0.1, -0.05) is 6.42 Å². The Hall–Kier alpha value is -1.63. The van der Waals surface area contributed by atoms with Crippen LogP contribution in [-0.2, 0) is 11.2 Å². The first-order valence-corrected chi connectivity index (χ1v) is 7.30. The Labute approximate surface area is 117 Å².